The summed E-state index contributed by atoms with van der Waals surface area (Å²) in [5.41, 5.74) is 0. The molecule has 0 saturated carbocycles. The topological polar surface area (TPSA) is 74.5 Å². The normalized spacial score (nSPS) is 16.0. The molecule has 1 aliphatic rings. The maximum absolute atomic E-state index is 8.78. The van der Waals surface area contributed by atoms with E-state index in [1.165, 1.54) is 0 Å². The summed E-state index contributed by atoms with van der Waals surface area (Å²) >= 11 is 0. The van der Waals surface area contributed by atoms with E-state index in [1.807, 2.05) is 6.07 Å². The Kier molecular flexibility index (Phi) is 7.92. The number of hydrogen-bond donors (Lipinski definition) is 0. The minimum absolute atomic E-state index is 0.0883. The van der Waals surface area contributed by atoms with Crippen LogP contribution >= 0.6 is 8.53 Å². The molecule has 0 spiro atoms. The zero-order valence-corrected chi connectivity index (χ0v) is 16.9. The lowest BCUT2D eigenvalue weighted by atomic mass is 10.2. The van der Waals surface area contributed by atoms with E-state index < -0.39 is 8.53 Å². The van der Waals surface area contributed by atoms with Crippen LogP contribution in [0.1, 0.15) is 39.9 Å². The first-order valence-corrected chi connectivity index (χ1v) is 10.0. The molecule has 0 N–H and O–H groups in total. The molecule has 1 saturated heterocycles. The number of anilines is 1. The second kappa shape index (κ2) is 9.94. The van der Waals surface area contributed by atoms with Crippen molar-refractivity contribution in [3.63, 3.8) is 0 Å². The maximum Gasteiger partial charge on any atom is 0.259 e. The molecule has 1 fully saturated rings. The van der Waals surface area contributed by atoms with E-state index in [9.17, 15) is 0 Å². The van der Waals surface area contributed by atoms with Crippen molar-refractivity contribution in [1.29, 1.82) is 5.26 Å². The molecular formula is C18H28N5O2P. The molecule has 0 bridgehead atoms. The third-order valence-corrected chi connectivity index (χ3v) is 6.10. The Balaban J connectivity index is 1.96. The fourth-order valence-electron chi connectivity index (χ4n) is 2.75. The van der Waals surface area contributed by atoms with Crippen LogP contribution in [0.5, 0.6) is 0 Å². The molecule has 142 valence electrons. The lowest BCUT2D eigenvalue weighted by molar-refractivity contribution is 0.114. The maximum atomic E-state index is 8.78. The second-order valence-electron chi connectivity index (χ2n) is 6.66. The largest absolute Gasteiger partial charge is 0.351 e. The summed E-state index contributed by atoms with van der Waals surface area (Å²) in [4.78, 5) is 10.7. The summed E-state index contributed by atoms with van der Waals surface area (Å²) in [6, 6.07) is 4.62. The minimum Gasteiger partial charge on any atom is -0.351 e. The summed E-state index contributed by atoms with van der Waals surface area (Å²) in [5.74, 6) is 1.51. The van der Waals surface area contributed by atoms with Gasteiger partial charge in [-0.3, -0.25) is 0 Å². The summed E-state index contributed by atoms with van der Waals surface area (Å²) in [6.07, 6.45) is 3.84. The molecular weight excluding hydrogens is 349 g/mol. The number of nitrogens with zero attached hydrogens (tertiary/aromatic N) is 5. The Labute approximate surface area is 157 Å². The molecule has 26 heavy (non-hydrogen) atoms. The van der Waals surface area contributed by atoms with Crippen molar-refractivity contribution in [3.05, 3.63) is 24.7 Å². The van der Waals surface area contributed by atoms with Gasteiger partial charge < -0.3 is 13.9 Å². The van der Waals surface area contributed by atoms with Crippen LogP contribution in [0.15, 0.2) is 18.8 Å². The van der Waals surface area contributed by atoms with E-state index in [-0.39, 0.29) is 6.10 Å². The van der Waals surface area contributed by atoms with Crippen LogP contribution in [0.3, 0.4) is 0 Å². The molecule has 0 radical (unpaired) electrons. The monoisotopic (exact) mass is 377 g/mol. The van der Waals surface area contributed by atoms with Gasteiger partial charge in [-0.1, -0.05) is 6.58 Å². The van der Waals surface area contributed by atoms with Crippen LogP contribution in [0, 0.1) is 11.3 Å². The summed E-state index contributed by atoms with van der Waals surface area (Å²) in [5, 5.41) is 8.78. The van der Waals surface area contributed by atoms with E-state index in [0.29, 0.717) is 30.9 Å². The lowest BCUT2D eigenvalue weighted by Crippen LogP contribution is -2.53. The van der Waals surface area contributed by atoms with E-state index in [0.717, 1.165) is 18.9 Å². The molecule has 7 nitrogen and oxygen atoms in total. The molecule has 0 aliphatic carbocycles. The minimum atomic E-state index is -1.20. The highest BCUT2D eigenvalue weighted by Gasteiger charge is 2.35. The highest BCUT2D eigenvalue weighted by atomic mass is 31.2. The van der Waals surface area contributed by atoms with Gasteiger partial charge in [0.2, 0.25) is 0 Å². The number of nitriles is 1. The van der Waals surface area contributed by atoms with Gasteiger partial charge >= 0.3 is 0 Å². The highest BCUT2D eigenvalue weighted by molar-refractivity contribution is 7.44. The molecule has 2 rings (SSSR count). The van der Waals surface area contributed by atoms with E-state index in [4.69, 9.17) is 14.3 Å². The zero-order chi connectivity index (χ0) is 19.1. The van der Waals surface area contributed by atoms with Crippen molar-refractivity contribution in [3.8, 4) is 6.07 Å². The predicted molar refractivity (Wildman–Crippen MR) is 104 cm³/mol. The first kappa shape index (κ1) is 20.7. The van der Waals surface area contributed by atoms with Crippen molar-refractivity contribution >= 4 is 20.4 Å². The van der Waals surface area contributed by atoms with E-state index in [1.54, 1.807) is 12.3 Å². The van der Waals surface area contributed by atoms with Gasteiger partial charge in [0.25, 0.3) is 8.53 Å². The Morgan fingerprint density at radius 2 is 2.12 bits per heavy atom. The molecule has 2 heterocycles. The molecule has 1 aromatic rings. The average molecular weight is 377 g/mol. The SMILES string of the molecule is C=Cc1nccc(N2CC(OP(OCCC#N)N(C(C)C)C(C)C)C2)n1. The smallest absolute Gasteiger partial charge is 0.259 e. The lowest BCUT2D eigenvalue weighted by Gasteiger charge is -2.43. The Bertz CT molecular complexity index is 620. The Hall–Kier alpha value is -1.58. The quantitative estimate of drug-likeness (QED) is 0.455. The fourth-order valence-corrected chi connectivity index (χ4v) is 4.45. The van der Waals surface area contributed by atoms with Crippen molar-refractivity contribution in [1.82, 2.24) is 14.6 Å². The van der Waals surface area contributed by atoms with E-state index in [2.05, 4.69) is 59.9 Å². The third-order valence-electron chi connectivity index (χ3n) is 3.92. The number of hydrogen-bond acceptors (Lipinski definition) is 7. The highest BCUT2D eigenvalue weighted by Crippen LogP contribution is 2.48. The molecule has 0 amide bonds. The van der Waals surface area contributed by atoms with Gasteiger partial charge in [-0.25, -0.2) is 14.6 Å². The summed E-state index contributed by atoms with van der Waals surface area (Å²) < 4.78 is 14.5. The van der Waals surface area contributed by atoms with Gasteiger partial charge in [-0.15, -0.1) is 0 Å². The van der Waals surface area contributed by atoms with Crippen molar-refractivity contribution < 1.29 is 9.05 Å². The molecule has 1 unspecified atom stereocenters. The number of aromatic nitrogens is 2. The second-order valence-corrected chi connectivity index (χ2v) is 8.06. The van der Waals surface area contributed by atoms with Crippen LogP contribution in [-0.2, 0) is 9.05 Å². The van der Waals surface area contributed by atoms with Crippen LogP contribution in [0.25, 0.3) is 6.08 Å². The standard InChI is InChI=1S/C18H28N5O2P/c1-6-17-20-10-8-18(21-17)22-12-16(13-22)25-26(24-11-7-9-19)23(14(2)3)15(4)5/h6,8,10,14-16H,1,7,11-13H2,2-5H3. The first-order valence-electron chi connectivity index (χ1n) is 8.91. The molecule has 0 aromatic carbocycles. The predicted octanol–water partition coefficient (Wildman–Crippen LogP) is 3.60. The van der Waals surface area contributed by atoms with Crippen molar-refractivity contribution in [2.45, 2.75) is 52.3 Å². The fraction of sp³-hybridized carbons (Fsp3) is 0.611. The van der Waals surface area contributed by atoms with Gasteiger partial charge in [-0.05, 0) is 39.8 Å². The van der Waals surface area contributed by atoms with Crippen LogP contribution in [0.2, 0.25) is 0 Å². The number of rotatable bonds is 10. The molecule has 1 aliphatic heterocycles. The Morgan fingerprint density at radius 1 is 1.42 bits per heavy atom. The van der Waals surface area contributed by atoms with E-state index >= 15 is 0 Å². The van der Waals surface area contributed by atoms with Gasteiger partial charge in [-0.2, -0.15) is 5.26 Å². The van der Waals surface area contributed by atoms with Crippen molar-refractivity contribution in [2.24, 2.45) is 0 Å². The van der Waals surface area contributed by atoms with Crippen LogP contribution < -0.4 is 4.90 Å². The average Bonchev–Trinajstić information content (AvgIpc) is 2.56. The molecule has 1 aromatic heterocycles. The first-order chi connectivity index (χ1) is 12.5. The van der Waals surface area contributed by atoms with Gasteiger partial charge in [0.1, 0.15) is 11.9 Å². The molecule has 8 heteroatoms. The van der Waals surface area contributed by atoms with Gasteiger partial charge in [0.05, 0.1) is 19.1 Å². The van der Waals surface area contributed by atoms with Gasteiger partial charge in [0, 0.05) is 31.4 Å². The third kappa shape index (κ3) is 5.46. The molecule has 1 atom stereocenters. The summed E-state index contributed by atoms with van der Waals surface area (Å²) in [6.45, 7) is 14.2. The van der Waals surface area contributed by atoms with Gasteiger partial charge in [0.15, 0.2) is 5.82 Å². The van der Waals surface area contributed by atoms with Crippen LogP contribution in [-0.4, -0.2) is 52.5 Å². The Morgan fingerprint density at radius 3 is 2.69 bits per heavy atom. The van der Waals surface area contributed by atoms with Crippen LogP contribution in [0.4, 0.5) is 5.82 Å². The zero-order valence-electron chi connectivity index (χ0n) is 16.0. The summed E-state index contributed by atoms with van der Waals surface area (Å²) in [7, 11) is -1.20. The van der Waals surface area contributed by atoms with Crippen molar-refractivity contribution in [2.75, 3.05) is 24.6 Å².